The van der Waals surface area contributed by atoms with Crippen LogP contribution in [0.15, 0.2) is 48.5 Å². The highest BCUT2D eigenvalue weighted by molar-refractivity contribution is 5.71. The van der Waals surface area contributed by atoms with E-state index in [0.717, 1.165) is 23.1 Å². The highest BCUT2D eigenvalue weighted by atomic mass is 15.1. The second kappa shape index (κ2) is 4.58. The first-order valence-electron chi connectivity index (χ1n) is 6.13. The average molecular weight is 247 g/mol. The number of hydrogen-bond acceptors (Lipinski definition) is 1. The fourth-order valence-electron chi connectivity index (χ4n) is 2.25. The number of fused-ring (bicyclic) bond motifs is 1. The van der Waals surface area contributed by atoms with Gasteiger partial charge in [0.05, 0.1) is 25.2 Å². The van der Waals surface area contributed by atoms with Crippen molar-refractivity contribution in [3.63, 3.8) is 0 Å². The van der Waals surface area contributed by atoms with E-state index in [1.54, 1.807) is 0 Å². The number of rotatable bonds is 2. The lowest BCUT2D eigenvalue weighted by Gasteiger charge is -2.04. The van der Waals surface area contributed by atoms with Crippen LogP contribution in [0.4, 0.5) is 0 Å². The number of imidazole rings is 1. The quantitative estimate of drug-likeness (QED) is 0.504. The van der Waals surface area contributed by atoms with Gasteiger partial charge in [0.2, 0.25) is 6.33 Å². The lowest BCUT2D eigenvalue weighted by Crippen LogP contribution is -2.26. The number of nitrogens with zero attached hydrogens (tertiary/aromatic N) is 3. The molecule has 3 heteroatoms. The van der Waals surface area contributed by atoms with Gasteiger partial charge < -0.3 is 9.13 Å². The molecule has 0 fully saturated rings. The molecule has 19 heavy (non-hydrogen) atoms. The molecule has 92 valence electrons. The molecule has 0 aliphatic rings. The first-order valence-corrected chi connectivity index (χ1v) is 6.13. The molecule has 3 aromatic rings. The average Bonchev–Trinajstić information content (AvgIpc) is 2.77. The number of nitriles is 1. The van der Waals surface area contributed by atoms with E-state index in [4.69, 9.17) is 5.26 Å². The fourth-order valence-corrected chi connectivity index (χ4v) is 2.25. The number of aromatic nitrogens is 2. The number of para-hydroxylation sites is 2. The Morgan fingerprint density at radius 1 is 1.16 bits per heavy atom. The third kappa shape index (κ3) is 2.09. The van der Waals surface area contributed by atoms with Crippen molar-refractivity contribution in [1.82, 2.24) is 4.57 Å². The zero-order valence-electron chi connectivity index (χ0n) is 10.7. The Hall–Kier alpha value is -2.60. The molecular formula is C16H13N3. The Labute approximate surface area is 112 Å². The fraction of sp³-hybridized carbons (Fsp3) is 0.125. The Morgan fingerprint density at radius 3 is 2.63 bits per heavy atom. The summed E-state index contributed by atoms with van der Waals surface area (Å²) in [6.45, 7) is 0.757. The van der Waals surface area contributed by atoms with Crippen LogP contribution in [-0.2, 0) is 13.6 Å². The predicted molar refractivity (Wildman–Crippen MR) is 72.2 cm³/mol. The molecule has 0 saturated heterocycles. The smallest absolute Gasteiger partial charge is 0.204 e. The van der Waals surface area contributed by atoms with Crippen LogP contribution in [0.1, 0.15) is 11.1 Å². The van der Waals surface area contributed by atoms with E-state index in [2.05, 4.69) is 29.1 Å². The molecule has 0 radical (unpaired) electrons. The van der Waals surface area contributed by atoms with Gasteiger partial charge in [-0.3, -0.25) is 0 Å². The van der Waals surface area contributed by atoms with E-state index in [1.807, 2.05) is 48.0 Å². The molecule has 0 atom stereocenters. The van der Waals surface area contributed by atoms with Crippen molar-refractivity contribution < 1.29 is 4.57 Å². The maximum atomic E-state index is 8.80. The van der Waals surface area contributed by atoms with E-state index in [0.29, 0.717) is 5.56 Å². The second-order valence-corrected chi connectivity index (χ2v) is 4.54. The van der Waals surface area contributed by atoms with Gasteiger partial charge in [0.1, 0.15) is 0 Å². The van der Waals surface area contributed by atoms with Gasteiger partial charge in [-0.05, 0) is 17.7 Å². The molecule has 0 amide bonds. The molecule has 2 aromatic carbocycles. The molecule has 0 unspecified atom stereocenters. The zero-order chi connectivity index (χ0) is 13.2. The summed E-state index contributed by atoms with van der Waals surface area (Å²) in [6, 6.07) is 18.0. The van der Waals surface area contributed by atoms with Crippen LogP contribution in [0.5, 0.6) is 0 Å². The van der Waals surface area contributed by atoms with Gasteiger partial charge in [0.15, 0.2) is 0 Å². The first-order chi connectivity index (χ1) is 9.28. The van der Waals surface area contributed by atoms with Crippen molar-refractivity contribution >= 4 is 11.0 Å². The van der Waals surface area contributed by atoms with Crippen LogP contribution in [0, 0.1) is 17.7 Å². The third-order valence-corrected chi connectivity index (χ3v) is 3.23. The monoisotopic (exact) mass is 247 g/mol. The van der Waals surface area contributed by atoms with E-state index in [1.165, 1.54) is 0 Å². The second-order valence-electron chi connectivity index (χ2n) is 4.54. The summed E-state index contributed by atoms with van der Waals surface area (Å²) in [5.41, 5.74) is 4.18. The van der Waals surface area contributed by atoms with Crippen molar-refractivity contribution in [2.45, 2.75) is 6.54 Å². The van der Waals surface area contributed by atoms with Gasteiger partial charge in [0.25, 0.3) is 0 Å². The summed E-state index contributed by atoms with van der Waals surface area (Å²) in [5, 5.41) is 8.80. The summed E-state index contributed by atoms with van der Waals surface area (Å²) in [5.74, 6) is 0. The highest BCUT2D eigenvalue weighted by Crippen LogP contribution is 2.12. The topological polar surface area (TPSA) is 32.6 Å². The molecule has 1 heterocycles. The minimum absolute atomic E-state index is 0.690. The van der Waals surface area contributed by atoms with Gasteiger partial charge >= 0.3 is 0 Å². The standard InChI is InChI=1S/C16H13N3/c1-18-12-19(16-5-3-2-4-15(16)18)11-14-8-6-13(10-17)7-9-14/h2-9H,11H2,1H3. The maximum Gasteiger partial charge on any atom is 0.204 e. The Kier molecular flexibility index (Phi) is 2.77. The van der Waals surface area contributed by atoms with Gasteiger partial charge in [-0.1, -0.05) is 36.4 Å². The summed E-state index contributed by atoms with van der Waals surface area (Å²) < 4.78 is 4.09. The molecule has 0 aliphatic carbocycles. The summed E-state index contributed by atoms with van der Waals surface area (Å²) in [4.78, 5) is 0. The van der Waals surface area contributed by atoms with Gasteiger partial charge in [-0.25, -0.2) is 0 Å². The summed E-state index contributed by atoms with van der Waals surface area (Å²) >= 11 is 0. The Bertz CT molecular complexity index is 761. The van der Waals surface area contributed by atoms with E-state index < -0.39 is 0 Å². The van der Waals surface area contributed by atoms with Crippen LogP contribution >= 0.6 is 0 Å². The Morgan fingerprint density at radius 2 is 1.89 bits per heavy atom. The van der Waals surface area contributed by atoms with Crippen LogP contribution in [-0.4, -0.2) is 4.57 Å². The third-order valence-electron chi connectivity index (χ3n) is 3.23. The maximum absolute atomic E-state index is 8.80. The van der Waals surface area contributed by atoms with Crippen LogP contribution < -0.4 is 4.57 Å². The SMILES string of the molecule is C[n+]1[c-]n(Cc2ccc(C#N)cc2)c2ccccc21. The van der Waals surface area contributed by atoms with E-state index in [-0.39, 0.29) is 0 Å². The zero-order valence-corrected chi connectivity index (χ0v) is 10.7. The number of hydrogen-bond donors (Lipinski definition) is 0. The van der Waals surface area contributed by atoms with Crippen LogP contribution in [0.3, 0.4) is 0 Å². The summed E-state index contributed by atoms with van der Waals surface area (Å²) in [7, 11) is 2.00. The Balaban J connectivity index is 1.99. The molecule has 0 spiro atoms. The van der Waals surface area contributed by atoms with Crippen LogP contribution in [0.2, 0.25) is 0 Å². The van der Waals surface area contributed by atoms with Gasteiger partial charge in [0, 0.05) is 11.0 Å². The number of benzene rings is 2. The molecule has 0 saturated carbocycles. The predicted octanol–water partition coefficient (Wildman–Crippen LogP) is 2.19. The summed E-state index contributed by atoms with van der Waals surface area (Å²) in [6.07, 6.45) is 3.30. The minimum Gasteiger partial charge on any atom is -0.347 e. The van der Waals surface area contributed by atoms with Gasteiger partial charge in [-0.2, -0.15) is 5.26 Å². The molecular weight excluding hydrogens is 234 g/mol. The van der Waals surface area contributed by atoms with Crippen molar-refractivity contribution in [2.75, 3.05) is 0 Å². The van der Waals surface area contributed by atoms with Gasteiger partial charge in [-0.15, -0.1) is 0 Å². The normalized spacial score (nSPS) is 10.5. The van der Waals surface area contributed by atoms with Crippen molar-refractivity contribution in [3.05, 3.63) is 66.0 Å². The van der Waals surface area contributed by atoms with Crippen molar-refractivity contribution in [1.29, 1.82) is 5.26 Å². The van der Waals surface area contributed by atoms with E-state index >= 15 is 0 Å². The van der Waals surface area contributed by atoms with Crippen LogP contribution in [0.25, 0.3) is 11.0 Å². The minimum atomic E-state index is 0.690. The molecule has 3 nitrogen and oxygen atoms in total. The molecule has 0 N–H and O–H groups in total. The number of aryl methyl sites for hydroxylation is 1. The lowest BCUT2D eigenvalue weighted by atomic mass is 10.1. The van der Waals surface area contributed by atoms with Crippen molar-refractivity contribution in [2.24, 2.45) is 7.05 Å². The van der Waals surface area contributed by atoms with Crippen molar-refractivity contribution in [3.8, 4) is 6.07 Å². The lowest BCUT2D eigenvalue weighted by molar-refractivity contribution is -0.650. The van der Waals surface area contributed by atoms with E-state index in [9.17, 15) is 0 Å². The molecule has 3 rings (SSSR count). The first kappa shape index (κ1) is 11.5. The molecule has 1 aromatic heterocycles. The largest absolute Gasteiger partial charge is 0.347 e. The highest BCUT2D eigenvalue weighted by Gasteiger charge is 2.04. The molecule has 0 aliphatic heterocycles. The molecule has 0 bridgehead atoms.